The molecule has 2 amide bonds. The number of benzene rings is 3. The van der Waals surface area contributed by atoms with Gasteiger partial charge in [-0.25, -0.2) is 0 Å². The number of rotatable bonds is 6. The fraction of sp³-hybridized carbons (Fsp3) is 0.115. The van der Waals surface area contributed by atoms with Crippen LogP contribution in [0, 0.1) is 11.3 Å². The number of ether oxygens (including phenoxy) is 1. The van der Waals surface area contributed by atoms with Crippen molar-refractivity contribution in [2.24, 2.45) is 0 Å². The number of nitrogens with zero attached hydrogens (tertiary/aromatic N) is 2. The molecule has 176 valence electrons. The molecule has 1 unspecified atom stereocenters. The highest BCUT2D eigenvalue weighted by Gasteiger charge is 2.41. The molecule has 0 spiro atoms. The molecular weight excluding hydrogens is 505 g/mol. The van der Waals surface area contributed by atoms with Crippen LogP contribution in [0.15, 0.2) is 83.4 Å². The number of methoxy groups -OCH3 is 1. The van der Waals surface area contributed by atoms with E-state index < -0.39 is 11.2 Å². The Kier molecular flexibility index (Phi) is 7.67. The van der Waals surface area contributed by atoms with E-state index in [-0.39, 0.29) is 16.5 Å². The van der Waals surface area contributed by atoms with Crippen LogP contribution in [-0.2, 0) is 16.0 Å². The molecular formula is C26H19Cl2N3O3S. The summed E-state index contributed by atoms with van der Waals surface area (Å²) >= 11 is 13.4. The van der Waals surface area contributed by atoms with E-state index in [1.54, 1.807) is 73.8 Å². The van der Waals surface area contributed by atoms with Gasteiger partial charge in [-0.05, 0) is 60.5 Å². The third-order valence-corrected chi connectivity index (χ3v) is 7.27. The van der Waals surface area contributed by atoms with Gasteiger partial charge in [-0.1, -0.05) is 59.2 Å². The Labute approximate surface area is 217 Å². The zero-order valence-electron chi connectivity index (χ0n) is 18.5. The summed E-state index contributed by atoms with van der Waals surface area (Å²) < 4.78 is 5.22. The van der Waals surface area contributed by atoms with Gasteiger partial charge in [0, 0.05) is 11.4 Å². The van der Waals surface area contributed by atoms with E-state index in [9.17, 15) is 14.9 Å². The van der Waals surface area contributed by atoms with E-state index in [2.05, 4.69) is 5.32 Å². The van der Waals surface area contributed by atoms with E-state index in [1.165, 1.54) is 16.7 Å². The fourth-order valence-corrected chi connectivity index (χ4v) is 5.18. The maximum atomic E-state index is 13.6. The van der Waals surface area contributed by atoms with Crippen LogP contribution in [0.25, 0.3) is 0 Å². The first-order valence-electron chi connectivity index (χ1n) is 10.5. The summed E-state index contributed by atoms with van der Waals surface area (Å²) in [7, 11) is 1.55. The highest BCUT2D eigenvalue weighted by Crippen LogP contribution is 2.42. The van der Waals surface area contributed by atoms with Gasteiger partial charge in [0.2, 0.25) is 5.91 Å². The summed E-state index contributed by atoms with van der Waals surface area (Å²) in [6, 6.07) is 22.9. The Balaban J connectivity index is 1.73. The third kappa shape index (κ3) is 5.46. The van der Waals surface area contributed by atoms with Gasteiger partial charge in [0.1, 0.15) is 22.4 Å². The molecule has 6 nitrogen and oxygen atoms in total. The number of hydrogen-bond acceptors (Lipinski definition) is 5. The molecule has 0 radical (unpaired) electrons. The van der Waals surface area contributed by atoms with Crippen LogP contribution >= 0.6 is 35.0 Å². The Morgan fingerprint density at radius 1 is 1.09 bits per heavy atom. The number of anilines is 2. The van der Waals surface area contributed by atoms with E-state index in [0.29, 0.717) is 33.6 Å². The van der Waals surface area contributed by atoms with E-state index >= 15 is 0 Å². The maximum Gasteiger partial charge on any atom is 0.269 e. The molecule has 0 aromatic heterocycles. The lowest BCUT2D eigenvalue weighted by atomic mass is 10.1. The van der Waals surface area contributed by atoms with Crippen molar-refractivity contribution in [3.8, 4) is 11.8 Å². The van der Waals surface area contributed by atoms with E-state index in [4.69, 9.17) is 27.9 Å². The predicted octanol–water partition coefficient (Wildman–Crippen LogP) is 6.07. The minimum Gasteiger partial charge on any atom is -0.497 e. The molecule has 3 aromatic carbocycles. The summed E-state index contributed by atoms with van der Waals surface area (Å²) in [6.07, 6.45) is 0.343. The largest absolute Gasteiger partial charge is 0.497 e. The summed E-state index contributed by atoms with van der Waals surface area (Å²) in [6.45, 7) is 0. The minimum atomic E-state index is -0.595. The molecule has 1 saturated heterocycles. The first kappa shape index (κ1) is 24.7. The molecule has 1 fully saturated rings. The molecule has 3 aromatic rings. The van der Waals surface area contributed by atoms with Crippen LogP contribution in [0.2, 0.25) is 10.0 Å². The number of hydrogen-bond donors (Lipinski definition) is 1. The molecule has 9 heteroatoms. The van der Waals surface area contributed by atoms with Crippen molar-refractivity contribution in [1.82, 2.24) is 0 Å². The average Bonchev–Trinajstić information content (AvgIpc) is 3.17. The second-order valence-electron chi connectivity index (χ2n) is 7.54. The number of nitriles is 1. The Morgan fingerprint density at radius 2 is 1.80 bits per heavy atom. The van der Waals surface area contributed by atoms with Gasteiger partial charge in [0.15, 0.2) is 0 Å². The van der Waals surface area contributed by atoms with Crippen molar-refractivity contribution < 1.29 is 14.3 Å². The number of amides is 2. The number of thioether (sulfide) groups is 1. The van der Waals surface area contributed by atoms with Gasteiger partial charge in [0.25, 0.3) is 5.91 Å². The lowest BCUT2D eigenvalue weighted by Gasteiger charge is -2.19. The number of carbonyl (C=O) groups excluding carboxylic acids is 2. The topological polar surface area (TPSA) is 82.4 Å². The molecule has 4 rings (SSSR count). The summed E-state index contributed by atoms with van der Waals surface area (Å²) in [5.41, 5.74) is 1.73. The molecule has 35 heavy (non-hydrogen) atoms. The van der Waals surface area contributed by atoms with Crippen LogP contribution in [0.5, 0.6) is 5.75 Å². The Bertz CT molecular complexity index is 1340. The second kappa shape index (κ2) is 10.9. The zero-order valence-corrected chi connectivity index (χ0v) is 20.8. The summed E-state index contributed by atoms with van der Waals surface area (Å²) in [5.74, 6) is -0.225. The normalized spacial score (nSPS) is 16.6. The number of halogens is 2. The minimum absolute atomic E-state index is 0.153. The van der Waals surface area contributed by atoms with Crippen LogP contribution < -0.4 is 15.0 Å². The van der Waals surface area contributed by atoms with E-state index in [1.807, 2.05) is 12.1 Å². The first-order valence-corrected chi connectivity index (χ1v) is 12.1. The monoisotopic (exact) mass is 523 g/mol. The van der Waals surface area contributed by atoms with Gasteiger partial charge in [-0.3, -0.25) is 14.5 Å². The average molecular weight is 524 g/mol. The molecule has 0 saturated carbocycles. The quantitative estimate of drug-likeness (QED) is 0.313. The Morgan fingerprint density at radius 3 is 2.43 bits per heavy atom. The number of para-hydroxylation sites is 1. The highest BCUT2D eigenvalue weighted by atomic mass is 35.5. The van der Waals surface area contributed by atoms with Crippen LogP contribution in [0.3, 0.4) is 0 Å². The maximum absolute atomic E-state index is 13.6. The molecule has 1 aliphatic rings. The molecule has 1 heterocycles. The molecule has 1 aliphatic heterocycles. The van der Waals surface area contributed by atoms with Crippen molar-refractivity contribution >= 4 is 58.2 Å². The molecule has 1 N–H and O–H groups in total. The second-order valence-corrected chi connectivity index (χ2v) is 9.55. The van der Waals surface area contributed by atoms with Crippen LogP contribution in [-0.4, -0.2) is 24.2 Å². The lowest BCUT2D eigenvalue weighted by molar-refractivity contribution is -0.117. The van der Waals surface area contributed by atoms with Crippen LogP contribution in [0.4, 0.5) is 11.4 Å². The lowest BCUT2D eigenvalue weighted by Crippen LogP contribution is -2.30. The number of carbonyl (C=O) groups is 2. The van der Waals surface area contributed by atoms with Gasteiger partial charge < -0.3 is 10.1 Å². The Hall–Kier alpha value is -3.44. The molecule has 0 bridgehead atoms. The van der Waals surface area contributed by atoms with Crippen molar-refractivity contribution in [2.75, 3.05) is 17.3 Å². The third-order valence-electron chi connectivity index (χ3n) is 5.27. The summed E-state index contributed by atoms with van der Waals surface area (Å²) in [4.78, 5) is 28.0. The van der Waals surface area contributed by atoms with Crippen molar-refractivity contribution in [3.63, 3.8) is 0 Å². The van der Waals surface area contributed by atoms with Gasteiger partial charge in [0.05, 0.1) is 22.4 Å². The van der Waals surface area contributed by atoms with E-state index in [0.717, 1.165) is 5.56 Å². The molecule has 0 aliphatic carbocycles. The first-order chi connectivity index (χ1) is 16.9. The van der Waals surface area contributed by atoms with Gasteiger partial charge in [-0.2, -0.15) is 5.26 Å². The number of nitrogens with one attached hydrogen (secondary N) is 1. The highest BCUT2D eigenvalue weighted by molar-refractivity contribution is 8.05. The van der Waals surface area contributed by atoms with Gasteiger partial charge >= 0.3 is 0 Å². The SMILES string of the molecule is COc1ccc(N2C(=O)C(Cc3ccc(Cl)c(Cl)c3)S/C2=C(/C#N)C(=O)Nc2ccccc2)cc1. The smallest absolute Gasteiger partial charge is 0.269 e. The van der Waals surface area contributed by atoms with Crippen molar-refractivity contribution in [3.05, 3.63) is 99.0 Å². The summed E-state index contributed by atoms with van der Waals surface area (Å²) in [5, 5.41) is 13.2. The van der Waals surface area contributed by atoms with Crippen LogP contribution in [0.1, 0.15) is 5.56 Å². The van der Waals surface area contributed by atoms with Crippen molar-refractivity contribution in [2.45, 2.75) is 11.7 Å². The fourth-order valence-electron chi connectivity index (χ4n) is 3.55. The standard InChI is InChI=1S/C26H19Cl2N3O3S/c1-34-19-10-8-18(9-11-19)31-25(33)23(14-16-7-12-21(27)22(28)13-16)35-26(31)20(15-29)24(32)30-17-5-3-2-4-6-17/h2-13,23H,14H2,1H3,(H,30,32)/b26-20-. The predicted molar refractivity (Wildman–Crippen MR) is 140 cm³/mol. The zero-order chi connectivity index (χ0) is 24.9. The molecule has 1 atom stereocenters. The van der Waals surface area contributed by atoms with Gasteiger partial charge in [-0.15, -0.1) is 0 Å². The van der Waals surface area contributed by atoms with Crippen molar-refractivity contribution in [1.29, 1.82) is 5.26 Å².